The molecule has 0 saturated carbocycles. The normalized spacial score (nSPS) is 20.5. The first-order valence-electron chi connectivity index (χ1n) is 6.52. The number of fused-ring (bicyclic) bond motifs is 1. The molecular formula is C15H16FNO. The third-order valence-electron chi connectivity index (χ3n) is 3.78. The fraction of sp³-hybridized carbons (Fsp3) is 0.400. The lowest BCUT2D eigenvalue weighted by molar-refractivity contribution is -0.129. The quantitative estimate of drug-likeness (QED) is 0.697. The van der Waals surface area contributed by atoms with Crippen molar-refractivity contribution in [2.45, 2.75) is 25.7 Å². The summed E-state index contributed by atoms with van der Waals surface area (Å²) < 4.78 is 13.3. The number of aryl methyl sites for hydroxylation is 1. The molecule has 1 aliphatic carbocycles. The van der Waals surface area contributed by atoms with Crippen molar-refractivity contribution in [3.05, 3.63) is 41.2 Å². The summed E-state index contributed by atoms with van der Waals surface area (Å²) in [6.45, 7) is 1.72. The van der Waals surface area contributed by atoms with Gasteiger partial charge in [0.15, 0.2) is 0 Å². The van der Waals surface area contributed by atoms with E-state index in [4.69, 9.17) is 0 Å². The van der Waals surface area contributed by atoms with Crippen LogP contribution in [0.25, 0.3) is 5.57 Å². The lowest BCUT2D eigenvalue weighted by Gasteiger charge is -2.30. The van der Waals surface area contributed by atoms with E-state index in [0.29, 0.717) is 0 Å². The largest absolute Gasteiger partial charge is 0.339 e. The topological polar surface area (TPSA) is 20.3 Å². The van der Waals surface area contributed by atoms with Crippen molar-refractivity contribution < 1.29 is 9.18 Å². The second-order valence-corrected chi connectivity index (χ2v) is 5.00. The molecule has 0 N–H and O–H groups in total. The molecule has 1 heterocycles. The van der Waals surface area contributed by atoms with Gasteiger partial charge in [0.25, 0.3) is 0 Å². The molecule has 1 saturated heterocycles. The van der Waals surface area contributed by atoms with E-state index in [1.165, 1.54) is 6.07 Å². The van der Waals surface area contributed by atoms with Crippen molar-refractivity contribution >= 4 is 11.5 Å². The van der Waals surface area contributed by atoms with E-state index in [0.717, 1.165) is 55.5 Å². The predicted molar refractivity (Wildman–Crippen MR) is 68.5 cm³/mol. The van der Waals surface area contributed by atoms with Gasteiger partial charge < -0.3 is 4.90 Å². The number of hydrogen-bond acceptors (Lipinski definition) is 1. The molecule has 0 atom stereocenters. The summed E-state index contributed by atoms with van der Waals surface area (Å²) in [6.07, 6.45) is 5.69. The highest BCUT2D eigenvalue weighted by molar-refractivity contribution is 5.96. The number of likely N-dealkylation sites (tertiary alicyclic amines) is 1. The summed E-state index contributed by atoms with van der Waals surface area (Å²) in [6, 6.07) is 4.90. The van der Waals surface area contributed by atoms with Crippen molar-refractivity contribution in [1.82, 2.24) is 4.90 Å². The lowest BCUT2D eigenvalue weighted by Crippen LogP contribution is -2.41. The van der Waals surface area contributed by atoms with E-state index in [1.54, 1.807) is 12.1 Å². The van der Waals surface area contributed by atoms with Crippen LogP contribution in [0.15, 0.2) is 24.3 Å². The van der Waals surface area contributed by atoms with Gasteiger partial charge in [-0.3, -0.25) is 4.79 Å². The molecule has 1 fully saturated rings. The Morgan fingerprint density at radius 1 is 1.22 bits per heavy atom. The third kappa shape index (κ3) is 2.05. The minimum absolute atomic E-state index is 0.0772. The van der Waals surface area contributed by atoms with Crippen LogP contribution in [0.5, 0.6) is 0 Å². The fourth-order valence-electron chi connectivity index (χ4n) is 2.60. The summed E-state index contributed by atoms with van der Waals surface area (Å²) >= 11 is 0. The number of halogens is 1. The van der Waals surface area contributed by atoms with Gasteiger partial charge in [-0.25, -0.2) is 4.39 Å². The smallest absolute Gasteiger partial charge is 0.246 e. The summed E-state index contributed by atoms with van der Waals surface area (Å²) in [7, 11) is 0. The zero-order chi connectivity index (χ0) is 12.5. The maximum atomic E-state index is 13.3. The van der Waals surface area contributed by atoms with Crippen LogP contribution in [0.1, 0.15) is 30.4 Å². The highest BCUT2D eigenvalue weighted by Crippen LogP contribution is 2.31. The maximum absolute atomic E-state index is 13.3. The molecule has 0 unspecified atom stereocenters. The number of carbonyl (C=O) groups is 1. The van der Waals surface area contributed by atoms with Crippen molar-refractivity contribution in [2.75, 3.05) is 13.1 Å². The molecule has 3 heteroatoms. The van der Waals surface area contributed by atoms with Crippen LogP contribution >= 0.6 is 0 Å². The molecule has 1 aromatic rings. The Labute approximate surface area is 106 Å². The van der Waals surface area contributed by atoms with Crippen LogP contribution in [-0.4, -0.2) is 23.9 Å². The Balaban J connectivity index is 1.92. The molecule has 1 aromatic carbocycles. The lowest BCUT2D eigenvalue weighted by atomic mass is 9.87. The van der Waals surface area contributed by atoms with Crippen LogP contribution in [-0.2, 0) is 11.2 Å². The number of amides is 1. The van der Waals surface area contributed by atoms with Gasteiger partial charge in [-0.1, -0.05) is 6.07 Å². The Kier molecular flexibility index (Phi) is 2.90. The number of carbonyl (C=O) groups excluding carboxylic acids is 1. The van der Waals surface area contributed by atoms with Crippen LogP contribution in [0.3, 0.4) is 0 Å². The molecular weight excluding hydrogens is 229 g/mol. The van der Waals surface area contributed by atoms with Gasteiger partial charge in [-0.2, -0.15) is 0 Å². The molecule has 94 valence electrons. The third-order valence-corrected chi connectivity index (χ3v) is 3.78. The molecule has 18 heavy (non-hydrogen) atoms. The number of hydrogen-bond donors (Lipinski definition) is 0. The van der Waals surface area contributed by atoms with Crippen molar-refractivity contribution in [2.24, 2.45) is 0 Å². The second kappa shape index (κ2) is 4.56. The molecule has 2 aliphatic rings. The minimum Gasteiger partial charge on any atom is -0.339 e. The van der Waals surface area contributed by atoms with Crippen LogP contribution in [0.2, 0.25) is 0 Å². The summed E-state index contributed by atoms with van der Waals surface area (Å²) in [4.78, 5) is 13.8. The standard InChI is InChI=1S/C15H16FNO/c16-13-6-5-11-3-1-4-12(14(11)10-13)9-15(18)17-7-2-8-17/h5-6,9-10H,1-4,7-8H2. The van der Waals surface area contributed by atoms with E-state index in [-0.39, 0.29) is 11.7 Å². The number of allylic oxidation sites excluding steroid dienone is 1. The van der Waals surface area contributed by atoms with Crippen molar-refractivity contribution in [1.29, 1.82) is 0 Å². The predicted octanol–water partition coefficient (Wildman–Crippen LogP) is 2.78. The van der Waals surface area contributed by atoms with Crippen molar-refractivity contribution in [3.8, 4) is 0 Å². The molecule has 0 radical (unpaired) electrons. The highest BCUT2D eigenvalue weighted by Gasteiger charge is 2.21. The van der Waals surface area contributed by atoms with Crippen LogP contribution < -0.4 is 0 Å². The van der Waals surface area contributed by atoms with E-state index in [9.17, 15) is 9.18 Å². The SMILES string of the molecule is O=C(C=C1CCCc2ccc(F)cc21)N1CCC1. The first kappa shape index (κ1) is 11.5. The van der Waals surface area contributed by atoms with Crippen LogP contribution in [0, 0.1) is 5.82 Å². The maximum Gasteiger partial charge on any atom is 0.246 e. The number of benzene rings is 1. The van der Waals surface area contributed by atoms with E-state index in [1.807, 2.05) is 11.0 Å². The van der Waals surface area contributed by atoms with E-state index >= 15 is 0 Å². The van der Waals surface area contributed by atoms with Gasteiger partial charge in [0.1, 0.15) is 5.82 Å². The molecule has 1 amide bonds. The number of nitrogens with zero attached hydrogens (tertiary/aromatic N) is 1. The molecule has 0 aromatic heterocycles. The number of rotatable bonds is 1. The average Bonchev–Trinajstić information content (AvgIpc) is 2.27. The Bertz CT molecular complexity index is 517. The van der Waals surface area contributed by atoms with Gasteiger partial charge in [0.05, 0.1) is 0 Å². The van der Waals surface area contributed by atoms with E-state index < -0.39 is 0 Å². The van der Waals surface area contributed by atoms with Gasteiger partial charge in [-0.15, -0.1) is 0 Å². The Hall–Kier alpha value is -1.64. The fourth-order valence-corrected chi connectivity index (χ4v) is 2.60. The molecule has 2 nitrogen and oxygen atoms in total. The van der Waals surface area contributed by atoms with Crippen LogP contribution in [0.4, 0.5) is 4.39 Å². The zero-order valence-corrected chi connectivity index (χ0v) is 10.3. The zero-order valence-electron chi connectivity index (χ0n) is 10.3. The average molecular weight is 245 g/mol. The minimum atomic E-state index is -0.224. The van der Waals surface area contributed by atoms with Gasteiger partial charge in [-0.05, 0) is 54.5 Å². The monoisotopic (exact) mass is 245 g/mol. The Morgan fingerprint density at radius 3 is 2.78 bits per heavy atom. The summed E-state index contributed by atoms with van der Waals surface area (Å²) in [5.74, 6) is -0.147. The Morgan fingerprint density at radius 2 is 2.06 bits per heavy atom. The molecule has 1 aliphatic heterocycles. The van der Waals surface area contributed by atoms with Gasteiger partial charge in [0.2, 0.25) is 5.91 Å². The first-order valence-corrected chi connectivity index (χ1v) is 6.52. The second-order valence-electron chi connectivity index (χ2n) is 5.00. The summed E-state index contributed by atoms with van der Waals surface area (Å²) in [5.41, 5.74) is 3.08. The van der Waals surface area contributed by atoms with Gasteiger partial charge in [0, 0.05) is 19.2 Å². The van der Waals surface area contributed by atoms with Crippen molar-refractivity contribution in [3.63, 3.8) is 0 Å². The van der Waals surface area contributed by atoms with E-state index in [2.05, 4.69) is 0 Å². The molecule has 3 rings (SSSR count). The van der Waals surface area contributed by atoms with Gasteiger partial charge >= 0.3 is 0 Å². The summed E-state index contributed by atoms with van der Waals surface area (Å²) in [5, 5.41) is 0. The first-order chi connectivity index (χ1) is 8.74. The highest BCUT2D eigenvalue weighted by atomic mass is 19.1. The molecule has 0 spiro atoms. The molecule has 0 bridgehead atoms.